The number of carbonyl (C=O) groups excluding carboxylic acids is 5. The van der Waals surface area contributed by atoms with E-state index < -0.39 is 55.0 Å². The van der Waals surface area contributed by atoms with Gasteiger partial charge in [-0.25, -0.2) is 0 Å². The van der Waals surface area contributed by atoms with E-state index in [1.807, 2.05) is 41.5 Å². The molecule has 15 fully saturated rings. The highest BCUT2D eigenvalue weighted by atomic mass is 32.2. The lowest BCUT2D eigenvalue weighted by Gasteiger charge is -2.60. The zero-order valence-electron chi connectivity index (χ0n) is 56.8. The Balaban J connectivity index is 0.000000135. The fraction of sp³-hybridized carbons (Fsp3) is 0.928. The van der Waals surface area contributed by atoms with Crippen LogP contribution in [-0.4, -0.2) is 129 Å². The molecule has 15 unspecified atom stereocenters. The summed E-state index contributed by atoms with van der Waals surface area (Å²) in [6.07, 6.45) is 7.87. The predicted molar refractivity (Wildman–Crippen MR) is 325 cm³/mol. The molecule has 15 atom stereocenters. The molecule has 0 aromatic rings. The van der Waals surface area contributed by atoms with Crippen LogP contribution in [0.3, 0.4) is 0 Å². The Labute approximate surface area is 537 Å². The fourth-order valence-corrected chi connectivity index (χ4v) is 20.2. The van der Waals surface area contributed by atoms with Crippen LogP contribution in [0.4, 0.5) is 17.6 Å². The Kier molecular flexibility index (Phi) is 20.1. The summed E-state index contributed by atoms with van der Waals surface area (Å²) in [5, 5.41) is 20.5. The van der Waals surface area contributed by atoms with Gasteiger partial charge < -0.3 is 43.4 Å². The van der Waals surface area contributed by atoms with Crippen molar-refractivity contribution in [1.82, 2.24) is 0 Å². The van der Waals surface area contributed by atoms with E-state index in [2.05, 4.69) is 0 Å². The second-order valence-electron chi connectivity index (χ2n) is 35.7. The molecule has 22 heteroatoms. The summed E-state index contributed by atoms with van der Waals surface area (Å²) >= 11 is 0. The molecule has 0 spiro atoms. The van der Waals surface area contributed by atoms with Gasteiger partial charge in [0.2, 0.25) is 0 Å². The van der Waals surface area contributed by atoms with Crippen molar-refractivity contribution in [1.29, 1.82) is 0 Å². The Bertz CT molecular complexity index is 2760. The monoisotopic (exact) mass is 1320 g/mol. The van der Waals surface area contributed by atoms with Gasteiger partial charge in [0.25, 0.3) is 10.1 Å². The number of aliphatic hydroxyl groups is 2. The number of aliphatic hydroxyl groups excluding tert-OH is 1. The van der Waals surface area contributed by atoms with E-state index in [9.17, 15) is 60.2 Å². The molecule has 0 amide bonds. The molecule has 17 nitrogen and oxygen atoms in total. The topological polar surface area (TPSA) is 234 Å². The lowest BCUT2D eigenvalue weighted by atomic mass is 9.48. The molecule has 0 radical (unpaired) electrons. The third-order valence-corrected chi connectivity index (χ3v) is 24.6. The van der Waals surface area contributed by atoms with Crippen molar-refractivity contribution in [2.75, 3.05) is 39.6 Å². The smallest absolute Gasteiger partial charge is 0.360 e. The third-order valence-electron chi connectivity index (χ3n) is 22.8. The highest BCUT2D eigenvalue weighted by molar-refractivity contribution is 7.87. The largest absolute Gasteiger partial charge is 0.465 e. The van der Waals surface area contributed by atoms with Gasteiger partial charge in [0.05, 0.1) is 95.0 Å². The Hall–Kier alpha value is -3.18. The van der Waals surface area contributed by atoms with Gasteiger partial charge in [-0.3, -0.25) is 28.2 Å². The number of halogens is 4. The lowest BCUT2D eigenvalue weighted by molar-refractivity contribution is -0.316. The van der Waals surface area contributed by atoms with Crippen molar-refractivity contribution >= 4 is 40.0 Å². The molecule has 0 aromatic carbocycles. The van der Waals surface area contributed by atoms with Gasteiger partial charge in [0.1, 0.15) is 12.7 Å². The lowest BCUT2D eigenvalue weighted by Crippen LogP contribution is -2.57. The first-order valence-electron chi connectivity index (χ1n) is 33.9. The molecule has 2 N–H and O–H groups in total. The number of cyclic esters (lactones) is 1. The second kappa shape index (κ2) is 25.4. The van der Waals surface area contributed by atoms with E-state index in [-0.39, 0.29) is 120 Å². The Morgan fingerprint density at radius 1 is 0.549 bits per heavy atom. The summed E-state index contributed by atoms with van der Waals surface area (Å²) in [5.74, 6) is 2.75. The molecule has 3 saturated heterocycles. The van der Waals surface area contributed by atoms with Gasteiger partial charge in [0, 0.05) is 23.7 Å². The zero-order chi connectivity index (χ0) is 67.4. The molecule has 3 aliphatic heterocycles. The predicted octanol–water partition coefficient (Wildman–Crippen LogP) is 12.0. The van der Waals surface area contributed by atoms with Crippen LogP contribution >= 0.6 is 0 Å². The number of hydrogen-bond acceptors (Lipinski definition) is 17. The molecule has 0 aromatic heterocycles. The van der Waals surface area contributed by atoms with Crippen LogP contribution in [-0.2, 0) is 71.4 Å². The van der Waals surface area contributed by atoms with Crippen LogP contribution in [0.5, 0.6) is 0 Å². The molecular formula is C69H108F4O17S. The Morgan fingerprint density at radius 2 is 1.01 bits per heavy atom. The minimum absolute atomic E-state index is 0.00835. The van der Waals surface area contributed by atoms with E-state index in [1.54, 1.807) is 20.8 Å². The molecule has 3 heterocycles. The highest BCUT2D eigenvalue weighted by Gasteiger charge is 2.65. The zero-order valence-corrected chi connectivity index (χ0v) is 57.6. The maximum absolute atomic E-state index is 14.0. The summed E-state index contributed by atoms with van der Waals surface area (Å²) in [6.45, 7) is 26.9. The Morgan fingerprint density at radius 3 is 1.48 bits per heavy atom. The van der Waals surface area contributed by atoms with Crippen LogP contribution in [0.25, 0.3) is 0 Å². The van der Waals surface area contributed by atoms with Crippen LogP contribution in [0.2, 0.25) is 0 Å². The molecular weight excluding hydrogens is 1210 g/mol. The van der Waals surface area contributed by atoms with E-state index in [1.165, 1.54) is 48.0 Å². The molecule has 91 heavy (non-hydrogen) atoms. The molecule has 15 rings (SSSR count). The average molecular weight is 1320 g/mol. The molecule has 15 aliphatic rings. The molecule has 12 bridgehead atoms. The number of esters is 5. The molecule has 12 aliphatic carbocycles. The van der Waals surface area contributed by atoms with Crippen LogP contribution in [0.15, 0.2) is 0 Å². The number of alkyl halides is 4. The molecule has 12 saturated carbocycles. The average Bonchev–Trinajstić information content (AvgIpc) is 1.52. The van der Waals surface area contributed by atoms with E-state index in [0.29, 0.717) is 79.8 Å². The summed E-state index contributed by atoms with van der Waals surface area (Å²) in [5.41, 5.74) is -4.79. The number of carbonyl (C=O) groups is 5. The summed E-state index contributed by atoms with van der Waals surface area (Å²) < 4.78 is 121. The van der Waals surface area contributed by atoms with Crippen molar-refractivity contribution < 1.29 is 97.5 Å². The SMILES string of the molecule is CC(C)(C)C(=O)OCC1C2CC3C(=O)OC1C3C2.CC(C)(C)C(=O)OCC1C2CC3C1OS(=O)(=O)C3C2.CC(C)(C)C(=O)OCC1CCOC1=O.CC(C)(C)C(F)(F)OCC12CC3CC(C1)C(O)C(C3)C2.CC(C)(C)C(F)(F)OCC12CC3CC(CC(O)(C3)C1)C2. The standard InChI is InChI=1S/2C16H26F2O2.C14H20O4.C13H20O5S.C10H16O4/c1-13(2,3)16(17,18)20-10-14-5-11-4-12(6-14)8-15(19,7-11)9-14;1-14(2,3)16(17,18)20-9-15-6-10-4-11(7-15)13(19)12(5-10)8-15;1-14(2,3)13(16)17-6-10-7-4-8-9(5-7)12(15)18-11(8)10;1-13(2,3)12(14)17-6-9-7-4-8-10(5-7)19(15,16)18-11(8)9;1-10(2,3)9(12)14-6-7-4-5-13-8(7)11/h11-12,19H,4-10H2,1-3H3;10-13,19H,4-9H2,1-3H3;7-11H,4-6H2,1-3H3;7-11H,4-6H2,1-3H3;7H,4-6H2,1-3H3. The second-order valence-corrected chi connectivity index (χ2v) is 37.5. The van der Waals surface area contributed by atoms with Gasteiger partial charge in [-0.05, 0) is 217 Å². The van der Waals surface area contributed by atoms with Gasteiger partial charge in [0.15, 0.2) is 0 Å². The van der Waals surface area contributed by atoms with Gasteiger partial charge in [-0.2, -0.15) is 26.0 Å². The van der Waals surface area contributed by atoms with E-state index in [4.69, 9.17) is 37.3 Å². The van der Waals surface area contributed by atoms with Gasteiger partial charge in [-0.1, -0.05) is 41.5 Å². The first kappa shape index (κ1) is 72.1. The minimum Gasteiger partial charge on any atom is -0.465 e. The van der Waals surface area contributed by atoms with Crippen molar-refractivity contribution in [3.05, 3.63) is 0 Å². The number of ether oxygens (including phenoxy) is 7. The van der Waals surface area contributed by atoms with Gasteiger partial charge in [-0.15, -0.1) is 0 Å². The first-order chi connectivity index (χ1) is 41.6. The van der Waals surface area contributed by atoms with Crippen molar-refractivity contribution in [2.24, 2.45) is 115 Å². The minimum atomic E-state index is -3.37. The van der Waals surface area contributed by atoms with E-state index in [0.717, 1.165) is 77.0 Å². The normalized spacial score (nSPS) is 39.8. The fourth-order valence-electron chi connectivity index (χ4n) is 18.3. The quantitative estimate of drug-likeness (QED) is 0.0800. The van der Waals surface area contributed by atoms with Gasteiger partial charge >= 0.3 is 42.1 Å². The van der Waals surface area contributed by atoms with Crippen LogP contribution in [0.1, 0.15) is 207 Å². The van der Waals surface area contributed by atoms with Crippen LogP contribution < -0.4 is 0 Å². The third kappa shape index (κ3) is 15.6. The number of hydrogen-bond donors (Lipinski definition) is 2. The maximum Gasteiger partial charge on any atom is 0.360 e. The number of rotatable bonds is 12. The summed E-state index contributed by atoms with van der Waals surface area (Å²) in [7, 11) is -3.37. The number of fused-ring (bicyclic) bond motifs is 2. The van der Waals surface area contributed by atoms with Crippen LogP contribution in [0, 0.1) is 115 Å². The molecule has 520 valence electrons. The summed E-state index contributed by atoms with van der Waals surface area (Å²) in [6, 6.07) is 0. The summed E-state index contributed by atoms with van der Waals surface area (Å²) in [4.78, 5) is 57.5. The van der Waals surface area contributed by atoms with Crippen molar-refractivity contribution in [2.45, 2.75) is 248 Å². The maximum atomic E-state index is 14.0. The highest BCUT2D eigenvalue weighted by Crippen LogP contribution is 2.64. The van der Waals surface area contributed by atoms with Crippen molar-refractivity contribution in [3.8, 4) is 0 Å². The van der Waals surface area contributed by atoms with Crippen molar-refractivity contribution in [3.63, 3.8) is 0 Å². The van der Waals surface area contributed by atoms with E-state index >= 15 is 0 Å². The first-order valence-corrected chi connectivity index (χ1v) is 35.4.